The van der Waals surface area contributed by atoms with Crippen molar-refractivity contribution in [1.29, 1.82) is 0 Å². The van der Waals surface area contributed by atoms with Gasteiger partial charge in [-0.1, -0.05) is 19.3 Å². The van der Waals surface area contributed by atoms with Crippen molar-refractivity contribution in [3.63, 3.8) is 0 Å². The number of thioether (sulfide) groups is 1. The van der Waals surface area contributed by atoms with Crippen molar-refractivity contribution < 1.29 is 9.53 Å². The van der Waals surface area contributed by atoms with Crippen LogP contribution in [0.3, 0.4) is 0 Å². The number of rotatable bonds is 6. The second-order valence-electron chi connectivity index (χ2n) is 5.32. The van der Waals surface area contributed by atoms with Gasteiger partial charge in [0.2, 0.25) is 5.91 Å². The molecule has 4 nitrogen and oxygen atoms in total. The molecular weight excluding hydrogens is 284 g/mol. The van der Waals surface area contributed by atoms with E-state index in [-0.39, 0.29) is 5.91 Å². The van der Waals surface area contributed by atoms with Gasteiger partial charge in [0.25, 0.3) is 0 Å². The molecule has 1 aliphatic carbocycles. The second-order valence-corrected chi connectivity index (χ2v) is 6.34. The van der Waals surface area contributed by atoms with E-state index < -0.39 is 0 Å². The fourth-order valence-electron chi connectivity index (χ4n) is 2.56. The molecule has 1 aliphatic rings. The molecule has 0 bridgehead atoms. The summed E-state index contributed by atoms with van der Waals surface area (Å²) in [5.74, 6) is 1.28. The first kappa shape index (κ1) is 16.0. The molecule has 1 amide bonds. The highest BCUT2D eigenvalue weighted by atomic mass is 32.2. The van der Waals surface area contributed by atoms with Gasteiger partial charge < -0.3 is 15.8 Å². The molecule has 0 aliphatic heterocycles. The lowest BCUT2D eigenvalue weighted by atomic mass is 9.95. The summed E-state index contributed by atoms with van der Waals surface area (Å²) in [7, 11) is 0. The van der Waals surface area contributed by atoms with Crippen LogP contribution in [0.15, 0.2) is 23.1 Å². The van der Waals surface area contributed by atoms with Crippen molar-refractivity contribution in [3.8, 4) is 5.75 Å². The Kier molecular flexibility index (Phi) is 6.23. The van der Waals surface area contributed by atoms with E-state index in [4.69, 9.17) is 10.5 Å². The van der Waals surface area contributed by atoms with E-state index in [0.29, 0.717) is 24.1 Å². The topological polar surface area (TPSA) is 64.3 Å². The largest absolute Gasteiger partial charge is 0.494 e. The molecule has 3 N–H and O–H groups in total. The number of hydrogen-bond acceptors (Lipinski definition) is 4. The minimum absolute atomic E-state index is 0.0908. The zero-order valence-electron chi connectivity index (χ0n) is 12.6. The van der Waals surface area contributed by atoms with Gasteiger partial charge in [-0.2, -0.15) is 0 Å². The van der Waals surface area contributed by atoms with Crippen LogP contribution in [-0.2, 0) is 4.79 Å². The van der Waals surface area contributed by atoms with Crippen LogP contribution in [0.1, 0.15) is 39.0 Å². The summed E-state index contributed by atoms with van der Waals surface area (Å²) in [5.41, 5.74) is 6.64. The van der Waals surface area contributed by atoms with E-state index in [1.165, 1.54) is 31.0 Å². The molecule has 2 rings (SSSR count). The standard InChI is InChI=1S/C16H24N2O2S/c1-2-20-13-8-9-14(17)15(10-13)21-11-16(19)18-12-6-4-3-5-7-12/h8-10,12H,2-7,11,17H2,1H3,(H,18,19). The fourth-order valence-corrected chi connectivity index (χ4v) is 3.36. The van der Waals surface area contributed by atoms with E-state index in [1.807, 2.05) is 25.1 Å². The third kappa shape index (κ3) is 5.16. The second kappa shape index (κ2) is 8.17. The number of anilines is 1. The highest BCUT2D eigenvalue weighted by molar-refractivity contribution is 8.00. The van der Waals surface area contributed by atoms with Crippen molar-refractivity contribution in [1.82, 2.24) is 5.32 Å². The number of amides is 1. The normalized spacial score (nSPS) is 15.7. The van der Waals surface area contributed by atoms with E-state index >= 15 is 0 Å². The summed E-state index contributed by atoms with van der Waals surface area (Å²) in [4.78, 5) is 12.9. The van der Waals surface area contributed by atoms with Crippen molar-refractivity contribution in [2.24, 2.45) is 0 Å². The molecule has 0 radical (unpaired) electrons. The quantitative estimate of drug-likeness (QED) is 0.625. The molecule has 5 heteroatoms. The lowest BCUT2D eigenvalue weighted by Gasteiger charge is -2.22. The van der Waals surface area contributed by atoms with Crippen LogP contribution in [0.25, 0.3) is 0 Å². The van der Waals surface area contributed by atoms with Crippen molar-refractivity contribution in [3.05, 3.63) is 18.2 Å². The highest BCUT2D eigenvalue weighted by Crippen LogP contribution is 2.29. The number of carbonyl (C=O) groups is 1. The Bertz CT molecular complexity index is 473. The molecule has 0 unspecified atom stereocenters. The molecule has 0 heterocycles. The van der Waals surface area contributed by atoms with E-state index in [9.17, 15) is 4.79 Å². The average Bonchev–Trinajstić information content (AvgIpc) is 2.49. The zero-order chi connectivity index (χ0) is 15.1. The third-order valence-corrected chi connectivity index (χ3v) is 4.70. The number of carbonyl (C=O) groups excluding carboxylic acids is 1. The van der Waals surface area contributed by atoms with Crippen LogP contribution in [0, 0.1) is 0 Å². The Morgan fingerprint density at radius 3 is 2.86 bits per heavy atom. The van der Waals surface area contributed by atoms with Crippen LogP contribution in [-0.4, -0.2) is 24.3 Å². The van der Waals surface area contributed by atoms with Gasteiger partial charge in [-0.05, 0) is 38.0 Å². The molecule has 116 valence electrons. The number of nitrogens with two attached hydrogens (primary N) is 1. The van der Waals surface area contributed by atoms with Gasteiger partial charge in [-0.3, -0.25) is 4.79 Å². The Morgan fingerprint density at radius 1 is 1.38 bits per heavy atom. The SMILES string of the molecule is CCOc1ccc(N)c(SCC(=O)NC2CCCCC2)c1. The van der Waals surface area contributed by atoms with Crippen LogP contribution in [0.4, 0.5) is 5.69 Å². The first-order valence-corrected chi connectivity index (χ1v) is 8.62. The van der Waals surface area contributed by atoms with Gasteiger partial charge >= 0.3 is 0 Å². The van der Waals surface area contributed by atoms with Crippen molar-refractivity contribution in [2.75, 3.05) is 18.1 Å². The summed E-state index contributed by atoms with van der Waals surface area (Å²) < 4.78 is 5.46. The first-order valence-electron chi connectivity index (χ1n) is 7.63. The van der Waals surface area contributed by atoms with E-state index in [2.05, 4.69) is 5.32 Å². The van der Waals surface area contributed by atoms with Crippen LogP contribution < -0.4 is 15.8 Å². The molecule has 1 aromatic carbocycles. The number of hydrogen-bond donors (Lipinski definition) is 2. The Balaban J connectivity index is 1.83. The van der Waals surface area contributed by atoms with Gasteiger partial charge in [-0.15, -0.1) is 11.8 Å². The predicted molar refractivity (Wildman–Crippen MR) is 87.8 cm³/mol. The molecule has 21 heavy (non-hydrogen) atoms. The van der Waals surface area contributed by atoms with E-state index in [1.54, 1.807) is 0 Å². The monoisotopic (exact) mass is 308 g/mol. The van der Waals surface area contributed by atoms with Crippen molar-refractivity contribution >= 4 is 23.4 Å². The van der Waals surface area contributed by atoms with Crippen LogP contribution in [0.5, 0.6) is 5.75 Å². The van der Waals surface area contributed by atoms with Gasteiger partial charge in [-0.25, -0.2) is 0 Å². The summed E-state index contributed by atoms with van der Waals surface area (Å²) >= 11 is 1.47. The predicted octanol–water partition coefficient (Wildman–Crippen LogP) is 3.21. The molecule has 0 spiro atoms. The molecule has 1 saturated carbocycles. The van der Waals surface area contributed by atoms with Gasteiger partial charge in [0.1, 0.15) is 5.75 Å². The molecular formula is C16H24N2O2S. The zero-order valence-corrected chi connectivity index (χ0v) is 13.4. The molecule has 1 fully saturated rings. The Morgan fingerprint density at radius 2 is 2.14 bits per heavy atom. The van der Waals surface area contributed by atoms with Crippen molar-refractivity contribution in [2.45, 2.75) is 50.0 Å². The number of benzene rings is 1. The molecule has 0 saturated heterocycles. The summed E-state index contributed by atoms with van der Waals surface area (Å²) in [5, 5.41) is 3.12. The average molecular weight is 308 g/mol. The molecule has 0 aromatic heterocycles. The van der Waals surface area contributed by atoms with Crippen LogP contribution >= 0.6 is 11.8 Å². The molecule has 0 atom stereocenters. The number of nitrogen functional groups attached to an aromatic ring is 1. The maximum Gasteiger partial charge on any atom is 0.230 e. The van der Waals surface area contributed by atoms with Gasteiger partial charge in [0.05, 0.1) is 12.4 Å². The lowest BCUT2D eigenvalue weighted by molar-refractivity contribution is -0.119. The van der Waals surface area contributed by atoms with E-state index in [0.717, 1.165) is 23.5 Å². The first-order chi connectivity index (χ1) is 10.2. The summed E-state index contributed by atoms with van der Waals surface area (Å²) in [6, 6.07) is 5.94. The minimum atomic E-state index is 0.0908. The highest BCUT2D eigenvalue weighted by Gasteiger charge is 2.16. The smallest absolute Gasteiger partial charge is 0.230 e. The van der Waals surface area contributed by atoms with Gasteiger partial charge in [0.15, 0.2) is 0 Å². The maximum atomic E-state index is 12.0. The lowest BCUT2D eigenvalue weighted by Crippen LogP contribution is -2.37. The summed E-state index contributed by atoms with van der Waals surface area (Å²) in [6.07, 6.45) is 5.96. The Labute approximate surface area is 130 Å². The third-order valence-electron chi connectivity index (χ3n) is 3.63. The Hall–Kier alpha value is -1.36. The number of nitrogens with one attached hydrogen (secondary N) is 1. The molecule has 1 aromatic rings. The van der Waals surface area contributed by atoms with Crippen LogP contribution in [0.2, 0.25) is 0 Å². The summed E-state index contributed by atoms with van der Waals surface area (Å²) in [6.45, 7) is 2.57. The number of ether oxygens (including phenoxy) is 1. The minimum Gasteiger partial charge on any atom is -0.494 e. The fraction of sp³-hybridized carbons (Fsp3) is 0.562. The van der Waals surface area contributed by atoms with Gasteiger partial charge in [0, 0.05) is 16.6 Å². The maximum absolute atomic E-state index is 12.0.